The summed E-state index contributed by atoms with van der Waals surface area (Å²) in [6, 6.07) is 50.1. The molecule has 0 saturated heterocycles. The molecule has 10 aromatic rings. The first-order valence-electron chi connectivity index (χ1n) is 15.0. The first-order valence-corrected chi connectivity index (χ1v) is 15.0. The maximum Gasteiger partial charge on any atom is 0.227 e. The fraction of sp³-hybridized carbons (Fsp3) is 0. The number of furan rings is 1. The van der Waals surface area contributed by atoms with Crippen molar-refractivity contribution >= 4 is 76.2 Å². The monoisotopic (exact) mass is 560 g/mol. The molecule has 0 aliphatic rings. The van der Waals surface area contributed by atoms with E-state index in [1.807, 2.05) is 6.20 Å². The van der Waals surface area contributed by atoms with Crippen molar-refractivity contribution in [3.8, 4) is 16.8 Å². The van der Waals surface area contributed by atoms with Gasteiger partial charge in [0.1, 0.15) is 5.58 Å². The number of aromatic nitrogens is 2. The lowest BCUT2D eigenvalue weighted by Gasteiger charge is -2.10. The van der Waals surface area contributed by atoms with E-state index in [4.69, 9.17) is 9.40 Å². The van der Waals surface area contributed by atoms with Crippen LogP contribution in [0.2, 0.25) is 0 Å². The van der Waals surface area contributed by atoms with Gasteiger partial charge in [0.05, 0.1) is 11.0 Å². The molecule has 3 aromatic heterocycles. The second-order valence-electron chi connectivity index (χ2n) is 11.6. The predicted molar refractivity (Wildman–Crippen MR) is 184 cm³/mol. The van der Waals surface area contributed by atoms with Crippen molar-refractivity contribution in [3.05, 3.63) is 146 Å². The smallest absolute Gasteiger partial charge is 0.227 e. The van der Waals surface area contributed by atoms with Gasteiger partial charge < -0.3 is 8.98 Å². The highest BCUT2D eigenvalue weighted by Gasteiger charge is 2.16. The van der Waals surface area contributed by atoms with Gasteiger partial charge in [-0.15, -0.1) is 0 Å². The second kappa shape index (κ2) is 8.79. The van der Waals surface area contributed by atoms with Crippen LogP contribution in [0.4, 0.5) is 0 Å². The molecule has 204 valence electrons. The Morgan fingerprint density at radius 1 is 0.409 bits per heavy atom. The van der Waals surface area contributed by atoms with Gasteiger partial charge in [0.25, 0.3) is 0 Å². The van der Waals surface area contributed by atoms with E-state index in [1.54, 1.807) is 0 Å². The quantitative estimate of drug-likeness (QED) is 0.197. The Morgan fingerprint density at radius 3 is 1.64 bits per heavy atom. The third kappa shape index (κ3) is 3.24. The molecule has 0 atom stereocenters. The molecule has 3 heterocycles. The fourth-order valence-corrected chi connectivity index (χ4v) is 7.24. The van der Waals surface area contributed by atoms with Gasteiger partial charge in [-0.25, -0.2) is 4.98 Å². The minimum atomic E-state index is 0.659. The van der Waals surface area contributed by atoms with Crippen LogP contribution in [-0.2, 0) is 0 Å². The zero-order valence-corrected chi connectivity index (χ0v) is 23.7. The van der Waals surface area contributed by atoms with Gasteiger partial charge >= 0.3 is 0 Å². The highest BCUT2D eigenvalue weighted by molar-refractivity contribution is 6.28. The van der Waals surface area contributed by atoms with Crippen molar-refractivity contribution in [1.29, 1.82) is 0 Å². The normalized spacial score (nSPS) is 12.1. The minimum Gasteiger partial charge on any atom is -0.438 e. The molecule has 0 bridgehead atoms. The maximum absolute atomic E-state index is 6.38. The number of benzene rings is 7. The highest BCUT2D eigenvalue weighted by atomic mass is 16.3. The third-order valence-corrected chi connectivity index (χ3v) is 9.21. The largest absolute Gasteiger partial charge is 0.438 e. The number of hydrogen-bond donors (Lipinski definition) is 0. The molecule has 3 heteroatoms. The topological polar surface area (TPSA) is 31.0 Å². The zero-order valence-electron chi connectivity index (χ0n) is 23.7. The minimum absolute atomic E-state index is 0.659. The van der Waals surface area contributed by atoms with E-state index >= 15 is 0 Å². The molecule has 0 N–H and O–H groups in total. The maximum atomic E-state index is 6.38. The average Bonchev–Trinajstić information content (AvgIpc) is 3.62. The summed E-state index contributed by atoms with van der Waals surface area (Å²) in [5.74, 6) is 0. The molecule has 44 heavy (non-hydrogen) atoms. The summed E-state index contributed by atoms with van der Waals surface area (Å²) >= 11 is 0. The van der Waals surface area contributed by atoms with Crippen molar-refractivity contribution < 1.29 is 4.42 Å². The number of nitrogens with zero attached hydrogens (tertiary/aromatic N) is 2. The summed E-state index contributed by atoms with van der Waals surface area (Å²) in [4.78, 5) is 4.83. The molecular weight excluding hydrogens is 536 g/mol. The lowest BCUT2D eigenvalue weighted by Crippen LogP contribution is -1.94. The van der Waals surface area contributed by atoms with Crippen molar-refractivity contribution in [2.24, 2.45) is 0 Å². The Hall–Kier alpha value is -5.93. The van der Waals surface area contributed by atoms with Crippen LogP contribution in [0.25, 0.3) is 93.0 Å². The summed E-state index contributed by atoms with van der Waals surface area (Å²) in [5.41, 5.74) is 7.22. The molecule has 0 aliphatic heterocycles. The molecule has 10 rings (SSSR count). The van der Waals surface area contributed by atoms with E-state index in [1.165, 1.54) is 54.1 Å². The van der Waals surface area contributed by atoms with Gasteiger partial charge in [0.15, 0.2) is 0 Å². The first kappa shape index (κ1) is 23.6. The van der Waals surface area contributed by atoms with Gasteiger partial charge in [-0.1, -0.05) is 97.1 Å². The van der Waals surface area contributed by atoms with Crippen molar-refractivity contribution in [2.45, 2.75) is 0 Å². The van der Waals surface area contributed by atoms with Crippen LogP contribution in [-0.4, -0.2) is 9.55 Å². The van der Waals surface area contributed by atoms with Gasteiger partial charge in [-0.3, -0.25) is 0 Å². The molecule has 0 amide bonds. The summed E-state index contributed by atoms with van der Waals surface area (Å²) in [6.45, 7) is 0. The van der Waals surface area contributed by atoms with Crippen LogP contribution in [0.3, 0.4) is 0 Å². The fourth-order valence-electron chi connectivity index (χ4n) is 7.24. The highest BCUT2D eigenvalue weighted by Crippen LogP contribution is 2.40. The standard InChI is InChI=1S/C41H24N2O/c1-3-14-30-28(12-1)29-13-2-4-15-31(29)35-23-40-36(22-34(30)35)37-21-26(24-42-41(37)44-40)25-10-9-11-27(20-25)43-38-18-7-5-16-32(38)33-17-6-8-19-39(33)43/h1-24H. The number of para-hydroxylation sites is 2. The van der Waals surface area contributed by atoms with Crippen LogP contribution in [0.15, 0.2) is 150 Å². The summed E-state index contributed by atoms with van der Waals surface area (Å²) in [6.07, 6.45) is 1.93. The van der Waals surface area contributed by atoms with Crippen molar-refractivity contribution in [3.63, 3.8) is 0 Å². The van der Waals surface area contributed by atoms with Crippen LogP contribution in [0.5, 0.6) is 0 Å². The van der Waals surface area contributed by atoms with Gasteiger partial charge in [0, 0.05) is 39.0 Å². The van der Waals surface area contributed by atoms with Gasteiger partial charge in [-0.05, 0) is 80.3 Å². The Morgan fingerprint density at radius 2 is 0.977 bits per heavy atom. The molecular formula is C41H24N2O. The van der Waals surface area contributed by atoms with Crippen LogP contribution >= 0.6 is 0 Å². The Balaban J connectivity index is 1.20. The molecule has 7 aromatic carbocycles. The Bertz CT molecular complexity index is 2730. The second-order valence-corrected chi connectivity index (χ2v) is 11.6. The van der Waals surface area contributed by atoms with Crippen LogP contribution < -0.4 is 0 Å². The van der Waals surface area contributed by atoms with Crippen molar-refractivity contribution in [2.75, 3.05) is 0 Å². The van der Waals surface area contributed by atoms with E-state index in [0.717, 1.165) is 33.2 Å². The van der Waals surface area contributed by atoms with Gasteiger partial charge in [-0.2, -0.15) is 0 Å². The lowest BCUT2D eigenvalue weighted by molar-refractivity contribution is 0.655. The van der Waals surface area contributed by atoms with E-state index in [2.05, 4.69) is 144 Å². The molecule has 0 aliphatic carbocycles. The van der Waals surface area contributed by atoms with E-state index in [9.17, 15) is 0 Å². The molecule has 0 fully saturated rings. The Labute approximate surface area is 252 Å². The number of fused-ring (bicyclic) bond motifs is 12. The molecule has 3 nitrogen and oxygen atoms in total. The Kier molecular flexibility index (Phi) is 4.72. The lowest BCUT2D eigenvalue weighted by atomic mass is 9.93. The molecule has 0 unspecified atom stereocenters. The van der Waals surface area contributed by atoms with Crippen LogP contribution in [0, 0.1) is 0 Å². The molecule has 0 radical (unpaired) electrons. The van der Waals surface area contributed by atoms with E-state index < -0.39 is 0 Å². The predicted octanol–water partition coefficient (Wildman–Crippen LogP) is 11.2. The average molecular weight is 561 g/mol. The number of rotatable bonds is 2. The summed E-state index contributed by atoms with van der Waals surface area (Å²) in [7, 11) is 0. The van der Waals surface area contributed by atoms with Crippen LogP contribution in [0.1, 0.15) is 0 Å². The summed E-state index contributed by atoms with van der Waals surface area (Å²) in [5, 5.41) is 12.1. The number of pyridine rings is 1. The SMILES string of the molecule is c1cc(-c2cnc3oc4cc5c6ccccc6c6ccccc6c5cc4c3c2)cc(-n2c3ccccc3c3ccccc32)c1. The molecule has 0 spiro atoms. The van der Waals surface area contributed by atoms with Crippen molar-refractivity contribution in [1.82, 2.24) is 9.55 Å². The number of hydrogen-bond acceptors (Lipinski definition) is 2. The summed E-state index contributed by atoms with van der Waals surface area (Å²) < 4.78 is 8.73. The van der Waals surface area contributed by atoms with Gasteiger partial charge in [0.2, 0.25) is 5.71 Å². The van der Waals surface area contributed by atoms with E-state index in [-0.39, 0.29) is 0 Å². The molecule has 0 saturated carbocycles. The van der Waals surface area contributed by atoms with E-state index in [0.29, 0.717) is 5.71 Å². The first-order chi connectivity index (χ1) is 21.8. The zero-order chi connectivity index (χ0) is 28.8. The third-order valence-electron chi connectivity index (χ3n) is 9.21.